The molecule has 0 aliphatic carbocycles. The van der Waals surface area contributed by atoms with Crippen LogP contribution in [0.15, 0.2) is 36.5 Å². The number of nitrogens with one attached hydrogen (secondary N) is 1. The van der Waals surface area contributed by atoms with Gasteiger partial charge in [-0.1, -0.05) is 288 Å². The molecule has 0 aromatic rings. The number of carbonyl (C=O) groups is 2. The smallest absolute Gasteiger partial charge is 0.305 e. The summed E-state index contributed by atoms with van der Waals surface area (Å²) in [7, 11) is 0. The Balaban J connectivity index is 3.37. The summed E-state index contributed by atoms with van der Waals surface area (Å²) in [5.41, 5.74) is 0. The highest BCUT2D eigenvalue weighted by Gasteiger charge is 2.20. The molecule has 0 saturated carbocycles. The molecule has 2 atom stereocenters. The molecule has 3 N–H and O–H groups in total. The fourth-order valence-electron chi connectivity index (χ4n) is 9.96. The number of aliphatic hydroxyl groups is 2. The Hall–Kier alpha value is -1.92. The third kappa shape index (κ3) is 57.4. The van der Waals surface area contributed by atoms with E-state index in [1.165, 1.54) is 263 Å². The van der Waals surface area contributed by atoms with Crippen LogP contribution < -0.4 is 5.32 Å². The van der Waals surface area contributed by atoms with Crippen LogP contribution in [0, 0.1) is 0 Å². The Kier molecular flexibility index (Phi) is 60.0. The van der Waals surface area contributed by atoms with Crippen molar-refractivity contribution in [3.63, 3.8) is 0 Å². The molecule has 6 nitrogen and oxygen atoms in total. The van der Waals surface area contributed by atoms with Crippen LogP contribution in [0.4, 0.5) is 0 Å². The third-order valence-electron chi connectivity index (χ3n) is 14.9. The lowest BCUT2D eigenvalue weighted by molar-refractivity contribution is -0.143. The van der Waals surface area contributed by atoms with Crippen LogP contribution in [0.2, 0.25) is 0 Å². The van der Waals surface area contributed by atoms with Gasteiger partial charge in [0.25, 0.3) is 0 Å². The van der Waals surface area contributed by atoms with E-state index >= 15 is 0 Å². The normalized spacial score (nSPS) is 12.8. The van der Waals surface area contributed by atoms with Crippen molar-refractivity contribution in [2.75, 3.05) is 13.2 Å². The molecule has 0 fully saturated rings. The molecule has 0 aliphatic rings. The molecular weight excluding hydrogens is 887 g/mol. The topological polar surface area (TPSA) is 95.9 Å². The maximum atomic E-state index is 12.4. The molecule has 2 unspecified atom stereocenters. The first-order valence-corrected chi connectivity index (χ1v) is 32.2. The van der Waals surface area contributed by atoms with Crippen LogP contribution in [-0.4, -0.2) is 47.4 Å². The van der Waals surface area contributed by atoms with Crippen molar-refractivity contribution in [3.8, 4) is 0 Å². The third-order valence-corrected chi connectivity index (χ3v) is 14.9. The molecule has 0 spiro atoms. The van der Waals surface area contributed by atoms with E-state index in [-0.39, 0.29) is 18.5 Å². The van der Waals surface area contributed by atoms with Crippen LogP contribution in [0.1, 0.15) is 348 Å². The largest absolute Gasteiger partial charge is 0.466 e. The summed E-state index contributed by atoms with van der Waals surface area (Å²) in [6.45, 7) is 4.94. The Labute approximate surface area is 449 Å². The molecule has 424 valence electrons. The second kappa shape index (κ2) is 61.6. The second-order valence-corrected chi connectivity index (χ2v) is 22.1. The van der Waals surface area contributed by atoms with Crippen molar-refractivity contribution in [3.05, 3.63) is 36.5 Å². The molecule has 0 aromatic carbocycles. The van der Waals surface area contributed by atoms with Gasteiger partial charge in [0.1, 0.15) is 0 Å². The van der Waals surface area contributed by atoms with Gasteiger partial charge >= 0.3 is 5.97 Å². The Morgan fingerprint density at radius 1 is 0.389 bits per heavy atom. The van der Waals surface area contributed by atoms with E-state index in [9.17, 15) is 19.8 Å². The molecule has 0 saturated heterocycles. The number of rotatable bonds is 60. The highest BCUT2D eigenvalue weighted by atomic mass is 16.5. The zero-order valence-corrected chi connectivity index (χ0v) is 48.4. The van der Waals surface area contributed by atoms with E-state index in [2.05, 4.69) is 55.6 Å². The van der Waals surface area contributed by atoms with Gasteiger partial charge < -0.3 is 20.3 Å². The number of esters is 1. The van der Waals surface area contributed by atoms with Crippen molar-refractivity contribution in [2.24, 2.45) is 0 Å². The Morgan fingerprint density at radius 3 is 1.07 bits per heavy atom. The van der Waals surface area contributed by atoms with Crippen LogP contribution in [0.25, 0.3) is 0 Å². The number of unbranched alkanes of at least 4 members (excludes halogenated alkanes) is 43. The lowest BCUT2D eigenvalue weighted by atomic mass is 10.0. The van der Waals surface area contributed by atoms with Crippen molar-refractivity contribution in [1.82, 2.24) is 5.32 Å². The lowest BCUT2D eigenvalue weighted by Gasteiger charge is -2.22. The Morgan fingerprint density at radius 2 is 0.694 bits per heavy atom. The number of aliphatic hydroxyl groups excluding tert-OH is 2. The minimum Gasteiger partial charge on any atom is -0.466 e. The summed E-state index contributed by atoms with van der Waals surface area (Å²) in [4.78, 5) is 24.5. The summed E-state index contributed by atoms with van der Waals surface area (Å²) in [5, 5.41) is 23.1. The molecule has 1 amide bonds. The van der Waals surface area contributed by atoms with Gasteiger partial charge in [-0.15, -0.1) is 0 Å². The van der Waals surface area contributed by atoms with Crippen LogP contribution in [0.5, 0.6) is 0 Å². The number of ether oxygens (including phenoxy) is 1. The quantitative estimate of drug-likeness (QED) is 0.0320. The standard InChI is InChI=1S/C66H125NO5/c1-3-5-7-9-11-13-14-15-16-30-34-37-40-44-48-52-56-60-66(71)72-61-57-53-49-45-41-38-35-32-29-27-25-23-21-19-17-18-20-22-24-26-28-31-33-36-39-43-47-51-55-59-65(70)67-63(62-68)64(69)58-54-50-46-42-12-10-8-6-4-2/h15-17,19,23,25,63-64,68-69H,3-14,18,20-22,24,26-62H2,1-2H3,(H,67,70)/b16-15-,19-17-,25-23-. The van der Waals surface area contributed by atoms with Crippen LogP contribution >= 0.6 is 0 Å². The molecular formula is C66H125NO5. The summed E-state index contributed by atoms with van der Waals surface area (Å²) in [6.07, 6.45) is 77.5. The van der Waals surface area contributed by atoms with E-state index in [1.807, 2.05) is 0 Å². The van der Waals surface area contributed by atoms with Crippen LogP contribution in [0.3, 0.4) is 0 Å². The monoisotopic (exact) mass is 1010 g/mol. The number of hydrogen-bond acceptors (Lipinski definition) is 5. The van der Waals surface area contributed by atoms with Gasteiger partial charge in [-0.25, -0.2) is 0 Å². The molecule has 0 heterocycles. The first kappa shape index (κ1) is 70.1. The van der Waals surface area contributed by atoms with Crippen LogP contribution in [-0.2, 0) is 14.3 Å². The number of allylic oxidation sites excluding steroid dienone is 6. The average Bonchev–Trinajstić information content (AvgIpc) is 3.38. The maximum Gasteiger partial charge on any atom is 0.305 e. The average molecular weight is 1010 g/mol. The van der Waals surface area contributed by atoms with E-state index in [0.717, 1.165) is 51.4 Å². The molecule has 6 heteroatoms. The molecule has 72 heavy (non-hydrogen) atoms. The van der Waals surface area contributed by atoms with Crippen molar-refractivity contribution >= 4 is 11.9 Å². The lowest BCUT2D eigenvalue weighted by Crippen LogP contribution is -2.45. The van der Waals surface area contributed by atoms with Gasteiger partial charge in [0.15, 0.2) is 0 Å². The van der Waals surface area contributed by atoms with Crippen molar-refractivity contribution < 1.29 is 24.5 Å². The van der Waals surface area contributed by atoms with Crippen molar-refractivity contribution in [2.45, 2.75) is 360 Å². The van der Waals surface area contributed by atoms with Gasteiger partial charge in [-0.3, -0.25) is 9.59 Å². The van der Waals surface area contributed by atoms with E-state index in [1.54, 1.807) is 0 Å². The van der Waals surface area contributed by atoms with Gasteiger partial charge in [0, 0.05) is 12.8 Å². The number of amides is 1. The predicted octanol–water partition coefficient (Wildman–Crippen LogP) is 20.4. The second-order valence-electron chi connectivity index (χ2n) is 22.1. The summed E-state index contributed by atoms with van der Waals surface area (Å²) in [6, 6.07) is -0.540. The zero-order valence-electron chi connectivity index (χ0n) is 48.4. The van der Waals surface area contributed by atoms with E-state index in [0.29, 0.717) is 25.9 Å². The van der Waals surface area contributed by atoms with Gasteiger partial charge in [-0.2, -0.15) is 0 Å². The van der Waals surface area contributed by atoms with E-state index in [4.69, 9.17) is 4.74 Å². The van der Waals surface area contributed by atoms with Gasteiger partial charge in [0.05, 0.1) is 25.4 Å². The molecule has 0 bridgehead atoms. The predicted molar refractivity (Wildman–Crippen MR) is 315 cm³/mol. The summed E-state index contributed by atoms with van der Waals surface area (Å²) in [5.74, 6) is -0.0291. The van der Waals surface area contributed by atoms with Crippen molar-refractivity contribution in [1.29, 1.82) is 0 Å². The van der Waals surface area contributed by atoms with Gasteiger partial charge in [-0.05, 0) is 83.5 Å². The number of hydrogen-bond donors (Lipinski definition) is 3. The first-order valence-electron chi connectivity index (χ1n) is 32.2. The number of carbonyl (C=O) groups excluding carboxylic acids is 2. The summed E-state index contributed by atoms with van der Waals surface area (Å²) >= 11 is 0. The fraction of sp³-hybridized carbons (Fsp3) is 0.879. The molecule has 0 aromatic heterocycles. The summed E-state index contributed by atoms with van der Waals surface area (Å²) < 4.78 is 5.49. The Bertz CT molecular complexity index is 1170. The minimum absolute atomic E-state index is 0.00868. The molecule has 0 aliphatic heterocycles. The van der Waals surface area contributed by atoms with E-state index < -0.39 is 12.1 Å². The highest BCUT2D eigenvalue weighted by Crippen LogP contribution is 2.17. The first-order chi connectivity index (χ1) is 35.5. The van der Waals surface area contributed by atoms with Gasteiger partial charge in [0.2, 0.25) is 5.91 Å². The SMILES string of the molecule is CCCCCCCC/C=C\CCCCCCCCCC(=O)OCCCCCCCCCCC/C=C\C/C=C\CCCCCCCCCCCCCCCC(=O)NC(CO)C(O)CCCCCCCCCCC. The highest BCUT2D eigenvalue weighted by molar-refractivity contribution is 5.76. The maximum absolute atomic E-state index is 12.4. The fourth-order valence-corrected chi connectivity index (χ4v) is 9.96. The molecule has 0 rings (SSSR count). The molecule has 0 radical (unpaired) electrons. The zero-order chi connectivity index (χ0) is 52.2. The minimum atomic E-state index is -0.663.